The van der Waals surface area contributed by atoms with Crippen LogP contribution in [0.3, 0.4) is 0 Å². The van der Waals surface area contributed by atoms with Crippen LogP contribution in [0.5, 0.6) is 0 Å². The molecule has 0 aromatic rings. The van der Waals surface area contributed by atoms with E-state index in [1.807, 2.05) is 0 Å². The van der Waals surface area contributed by atoms with Crippen LogP contribution in [-0.4, -0.2) is 43.3 Å². The number of hydrogen-bond donors (Lipinski definition) is 0. The van der Waals surface area contributed by atoms with Gasteiger partial charge in [0, 0.05) is 13.0 Å². The Bertz CT molecular complexity index is 217. The zero-order valence-corrected chi connectivity index (χ0v) is 8.32. The first-order valence-corrected chi connectivity index (χ1v) is 4.81. The van der Waals surface area contributed by atoms with E-state index in [2.05, 4.69) is 4.74 Å². The normalized spacial score (nSPS) is 15.8. The van der Waals surface area contributed by atoms with Crippen LogP contribution in [0, 0.1) is 0 Å². The maximum atomic E-state index is 11.1. The first-order chi connectivity index (χ1) is 6.74. The third-order valence-corrected chi connectivity index (χ3v) is 2.01. The number of carbonyl (C=O) groups excluding carboxylic acids is 2. The molecule has 0 bridgehead atoms. The molecule has 1 rings (SSSR count). The summed E-state index contributed by atoms with van der Waals surface area (Å²) in [6.07, 6.45) is 0.844. The summed E-state index contributed by atoms with van der Waals surface area (Å²) in [5.41, 5.74) is 0. The fourth-order valence-corrected chi connectivity index (χ4v) is 1.34. The lowest BCUT2D eigenvalue weighted by atomic mass is 10.4. The van der Waals surface area contributed by atoms with Crippen LogP contribution < -0.4 is 0 Å². The molecule has 0 spiro atoms. The quantitative estimate of drug-likeness (QED) is 0.631. The van der Waals surface area contributed by atoms with E-state index in [9.17, 15) is 9.59 Å². The van der Waals surface area contributed by atoms with Gasteiger partial charge in [-0.05, 0) is 13.3 Å². The van der Waals surface area contributed by atoms with Gasteiger partial charge in [0.05, 0.1) is 13.2 Å². The minimum Gasteiger partial charge on any atom is -0.435 e. The molecule has 1 aliphatic rings. The zero-order valence-electron chi connectivity index (χ0n) is 8.32. The number of rotatable bonds is 4. The number of nitrogens with zero attached hydrogens (tertiary/aromatic N) is 1. The fraction of sp³-hybridized carbons (Fsp3) is 0.778. The van der Waals surface area contributed by atoms with Crippen molar-refractivity contribution in [2.24, 2.45) is 0 Å². The standard InChI is InChI=1S/C9H15NO4/c1-2-13-9(12)14-7-6-10-5-3-4-8(10)11/h2-7H2,1H3. The van der Waals surface area contributed by atoms with Gasteiger partial charge in [-0.1, -0.05) is 0 Å². The number of ether oxygens (including phenoxy) is 2. The largest absolute Gasteiger partial charge is 0.508 e. The first-order valence-electron chi connectivity index (χ1n) is 4.81. The van der Waals surface area contributed by atoms with Gasteiger partial charge in [-0.15, -0.1) is 0 Å². The SMILES string of the molecule is CCOC(=O)OCCN1CCCC1=O. The monoisotopic (exact) mass is 201 g/mol. The van der Waals surface area contributed by atoms with E-state index >= 15 is 0 Å². The number of carbonyl (C=O) groups is 2. The number of likely N-dealkylation sites (tertiary alicyclic amines) is 1. The minimum atomic E-state index is -0.667. The predicted octanol–water partition coefficient (Wildman–Crippen LogP) is 0.782. The van der Waals surface area contributed by atoms with Crippen LogP contribution in [0.4, 0.5) is 4.79 Å². The van der Waals surface area contributed by atoms with Crippen LogP contribution >= 0.6 is 0 Å². The van der Waals surface area contributed by atoms with E-state index in [1.54, 1.807) is 11.8 Å². The van der Waals surface area contributed by atoms with Gasteiger partial charge in [0.1, 0.15) is 6.61 Å². The lowest BCUT2D eigenvalue weighted by Crippen LogP contribution is -2.29. The van der Waals surface area contributed by atoms with Gasteiger partial charge in [-0.3, -0.25) is 4.79 Å². The molecule has 0 atom stereocenters. The Balaban J connectivity index is 2.08. The summed E-state index contributed by atoms with van der Waals surface area (Å²) in [6, 6.07) is 0. The van der Waals surface area contributed by atoms with E-state index in [0.29, 0.717) is 19.6 Å². The zero-order chi connectivity index (χ0) is 10.4. The molecule has 80 valence electrons. The summed E-state index contributed by atoms with van der Waals surface area (Å²) in [5.74, 6) is 0.137. The molecule has 0 unspecified atom stereocenters. The molecular weight excluding hydrogens is 186 g/mol. The van der Waals surface area contributed by atoms with Crippen LogP contribution in [0.25, 0.3) is 0 Å². The Morgan fingerprint density at radius 2 is 2.29 bits per heavy atom. The van der Waals surface area contributed by atoms with Gasteiger partial charge in [-0.25, -0.2) is 4.79 Å². The highest BCUT2D eigenvalue weighted by Crippen LogP contribution is 2.08. The summed E-state index contributed by atoms with van der Waals surface area (Å²) in [5, 5.41) is 0. The smallest absolute Gasteiger partial charge is 0.435 e. The third-order valence-electron chi connectivity index (χ3n) is 2.01. The molecule has 1 saturated heterocycles. The van der Waals surface area contributed by atoms with Gasteiger partial charge in [0.25, 0.3) is 0 Å². The summed E-state index contributed by atoms with van der Waals surface area (Å²) < 4.78 is 9.31. The van der Waals surface area contributed by atoms with Crippen molar-refractivity contribution in [3.63, 3.8) is 0 Å². The molecule has 14 heavy (non-hydrogen) atoms. The average molecular weight is 201 g/mol. The van der Waals surface area contributed by atoms with Crippen molar-refractivity contribution in [2.75, 3.05) is 26.3 Å². The van der Waals surface area contributed by atoms with Crippen molar-refractivity contribution in [2.45, 2.75) is 19.8 Å². The van der Waals surface area contributed by atoms with Gasteiger partial charge in [-0.2, -0.15) is 0 Å². The van der Waals surface area contributed by atoms with Gasteiger partial charge >= 0.3 is 6.16 Å². The van der Waals surface area contributed by atoms with E-state index in [4.69, 9.17) is 4.74 Å². The Labute approximate surface area is 83.0 Å². The van der Waals surface area contributed by atoms with E-state index in [0.717, 1.165) is 13.0 Å². The second-order valence-corrected chi connectivity index (χ2v) is 3.02. The Morgan fingerprint density at radius 1 is 1.50 bits per heavy atom. The molecule has 1 heterocycles. The predicted molar refractivity (Wildman–Crippen MR) is 48.8 cm³/mol. The van der Waals surface area contributed by atoms with Crippen LogP contribution in [-0.2, 0) is 14.3 Å². The third kappa shape index (κ3) is 3.24. The lowest BCUT2D eigenvalue weighted by Gasteiger charge is -2.14. The van der Waals surface area contributed by atoms with Gasteiger partial charge < -0.3 is 14.4 Å². The maximum Gasteiger partial charge on any atom is 0.508 e. The molecule has 0 saturated carbocycles. The van der Waals surface area contributed by atoms with Crippen LogP contribution in [0.1, 0.15) is 19.8 Å². The van der Waals surface area contributed by atoms with E-state index in [1.165, 1.54) is 0 Å². The molecule has 5 heteroatoms. The summed E-state index contributed by atoms with van der Waals surface area (Å²) >= 11 is 0. The van der Waals surface area contributed by atoms with E-state index in [-0.39, 0.29) is 12.5 Å². The van der Waals surface area contributed by atoms with Crippen LogP contribution in [0.2, 0.25) is 0 Å². The lowest BCUT2D eigenvalue weighted by molar-refractivity contribution is -0.128. The highest BCUT2D eigenvalue weighted by atomic mass is 16.7. The van der Waals surface area contributed by atoms with Gasteiger partial charge in [0.15, 0.2) is 0 Å². The van der Waals surface area contributed by atoms with Crippen molar-refractivity contribution in [1.29, 1.82) is 0 Å². The molecule has 1 amide bonds. The summed E-state index contributed by atoms with van der Waals surface area (Å²) in [6.45, 7) is 3.47. The van der Waals surface area contributed by atoms with Crippen molar-refractivity contribution in [3.8, 4) is 0 Å². The molecule has 0 aliphatic carbocycles. The highest BCUT2D eigenvalue weighted by molar-refractivity contribution is 5.78. The topological polar surface area (TPSA) is 55.8 Å². The van der Waals surface area contributed by atoms with Gasteiger partial charge in [0.2, 0.25) is 5.91 Å². The highest BCUT2D eigenvalue weighted by Gasteiger charge is 2.19. The average Bonchev–Trinajstić information content (AvgIpc) is 2.52. The van der Waals surface area contributed by atoms with Crippen LogP contribution in [0.15, 0.2) is 0 Å². The summed E-state index contributed by atoms with van der Waals surface area (Å²) in [4.78, 5) is 23.6. The van der Waals surface area contributed by atoms with E-state index < -0.39 is 6.16 Å². The second-order valence-electron chi connectivity index (χ2n) is 3.02. The van der Waals surface area contributed by atoms with Crippen molar-refractivity contribution < 1.29 is 19.1 Å². The molecule has 0 radical (unpaired) electrons. The van der Waals surface area contributed by atoms with Crippen molar-refractivity contribution in [3.05, 3.63) is 0 Å². The molecular formula is C9H15NO4. The van der Waals surface area contributed by atoms with Crippen molar-refractivity contribution in [1.82, 2.24) is 4.90 Å². The second kappa shape index (κ2) is 5.47. The molecule has 5 nitrogen and oxygen atoms in total. The molecule has 1 fully saturated rings. The molecule has 0 N–H and O–H groups in total. The van der Waals surface area contributed by atoms with Crippen molar-refractivity contribution >= 4 is 12.1 Å². The maximum absolute atomic E-state index is 11.1. The number of amides is 1. The Kier molecular flexibility index (Phi) is 4.22. The first kappa shape index (κ1) is 10.8. The summed E-state index contributed by atoms with van der Waals surface area (Å²) in [7, 11) is 0. The minimum absolute atomic E-state index is 0.137. The molecule has 0 aromatic heterocycles. The fourth-order valence-electron chi connectivity index (χ4n) is 1.34. The molecule has 1 aliphatic heterocycles. The number of hydrogen-bond acceptors (Lipinski definition) is 4. The Morgan fingerprint density at radius 3 is 2.86 bits per heavy atom. The Hall–Kier alpha value is -1.26. The molecule has 0 aromatic carbocycles.